The summed E-state index contributed by atoms with van der Waals surface area (Å²) in [6.45, 7) is 2.88. The number of piperazine rings is 1. The summed E-state index contributed by atoms with van der Waals surface area (Å²) in [5, 5.41) is 10.1. The zero-order valence-electron chi connectivity index (χ0n) is 16.0. The van der Waals surface area contributed by atoms with Crippen LogP contribution < -0.4 is 10.9 Å². The Balaban J connectivity index is 1.47. The van der Waals surface area contributed by atoms with Crippen molar-refractivity contribution in [2.75, 3.05) is 38.8 Å². The van der Waals surface area contributed by atoms with Crippen molar-refractivity contribution in [3.63, 3.8) is 0 Å². The Morgan fingerprint density at radius 1 is 1.21 bits per heavy atom. The minimum atomic E-state index is -1.77. The van der Waals surface area contributed by atoms with Gasteiger partial charge in [0, 0.05) is 44.0 Å². The minimum Gasteiger partial charge on any atom is -0.479 e. The maximum atomic E-state index is 13.5. The van der Waals surface area contributed by atoms with Crippen LogP contribution >= 0.6 is 0 Å². The first-order valence-corrected chi connectivity index (χ1v) is 10.0. The highest BCUT2D eigenvalue weighted by Crippen LogP contribution is 2.41. The van der Waals surface area contributed by atoms with Crippen LogP contribution in [0.25, 0.3) is 0 Å². The molecule has 0 spiro atoms. The number of benzene rings is 1. The van der Waals surface area contributed by atoms with Crippen molar-refractivity contribution in [2.24, 2.45) is 0 Å². The molecule has 0 radical (unpaired) electrons. The summed E-state index contributed by atoms with van der Waals surface area (Å²) in [7, 11) is 2.06. The molecular weight excluding hydrogens is 360 g/mol. The van der Waals surface area contributed by atoms with Crippen LogP contribution in [0.4, 0.5) is 5.69 Å². The van der Waals surface area contributed by atoms with E-state index < -0.39 is 11.5 Å². The van der Waals surface area contributed by atoms with E-state index in [9.17, 15) is 14.7 Å². The number of ether oxygens (including phenoxy) is 1. The molecule has 3 saturated heterocycles. The number of hydrogen-bond donors (Lipinski definition) is 3. The van der Waals surface area contributed by atoms with Crippen LogP contribution in [0.2, 0.25) is 0 Å². The number of rotatable bonds is 3. The molecular formula is C20H26N4O4. The number of carboxylic acid groups (broad SMARTS) is 1. The Kier molecular flexibility index (Phi) is 4.12. The summed E-state index contributed by atoms with van der Waals surface area (Å²) >= 11 is 0. The predicted octanol–water partition coefficient (Wildman–Crippen LogP) is 0.706. The summed E-state index contributed by atoms with van der Waals surface area (Å²) in [5.74, 6) is -1.13. The van der Waals surface area contributed by atoms with Crippen LogP contribution in [0.3, 0.4) is 0 Å². The second-order valence-corrected chi connectivity index (χ2v) is 8.44. The zero-order chi connectivity index (χ0) is 19.5. The van der Waals surface area contributed by atoms with Crippen LogP contribution in [0.15, 0.2) is 18.2 Å². The van der Waals surface area contributed by atoms with E-state index in [1.165, 1.54) is 0 Å². The van der Waals surface area contributed by atoms with Crippen molar-refractivity contribution in [3.8, 4) is 0 Å². The third-order valence-electron chi connectivity index (χ3n) is 6.94. The predicted molar refractivity (Wildman–Crippen MR) is 102 cm³/mol. The zero-order valence-corrected chi connectivity index (χ0v) is 16.0. The highest BCUT2D eigenvalue weighted by molar-refractivity contribution is 6.10. The fourth-order valence-electron chi connectivity index (χ4n) is 5.26. The molecule has 8 nitrogen and oxygen atoms in total. The molecule has 0 aliphatic carbocycles. The average Bonchev–Trinajstić information content (AvgIpc) is 3.39. The van der Waals surface area contributed by atoms with Crippen molar-refractivity contribution in [3.05, 3.63) is 29.3 Å². The number of nitrogens with one attached hydrogen (secondary N) is 2. The SMILES string of the molecule is CN1C[C@@H]2C[C@H]1CN2C(=O)C1(C(=O)O)NNc2cc(C3CCOCC3)ccc21. The summed E-state index contributed by atoms with van der Waals surface area (Å²) in [4.78, 5) is 29.8. The van der Waals surface area contributed by atoms with Gasteiger partial charge in [0.1, 0.15) is 0 Å². The van der Waals surface area contributed by atoms with E-state index in [1.54, 1.807) is 11.0 Å². The van der Waals surface area contributed by atoms with Crippen molar-refractivity contribution in [1.82, 2.24) is 15.2 Å². The molecule has 1 aromatic carbocycles. The number of likely N-dealkylation sites (tertiary alicyclic amines) is 2. The van der Waals surface area contributed by atoms with Gasteiger partial charge in [0.25, 0.3) is 5.91 Å². The third kappa shape index (κ3) is 2.48. The highest BCUT2D eigenvalue weighted by Gasteiger charge is 2.58. The number of nitrogens with zero attached hydrogens (tertiary/aromatic N) is 2. The molecule has 4 heterocycles. The molecule has 3 fully saturated rings. The van der Waals surface area contributed by atoms with Gasteiger partial charge in [-0.15, -0.1) is 0 Å². The second-order valence-electron chi connectivity index (χ2n) is 8.44. The van der Waals surface area contributed by atoms with Crippen molar-refractivity contribution >= 4 is 17.6 Å². The lowest BCUT2D eigenvalue weighted by molar-refractivity contribution is -0.156. The number of carbonyl (C=O) groups excluding carboxylic acids is 1. The maximum Gasteiger partial charge on any atom is 0.340 e. The molecule has 0 saturated carbocycles. The van der Waals surface area contributed by atoms with Crippen LogP contribution in [0.1, 0.15) is 36.3 Å². The Morgan fingerprint density at radius 3 is 2.64 bits per heavy atom. The first-order chi connectivity index (χ1) is 13.5. The Hall–Kier alpha value is -2.16. The fourth-order valence-corrected chi connectivity index (χ4v) is 5.26. The first-order valence-electron chi connectivity index (χ1n) is 10.0. The number of likely N-dealkylation sites (N-methyl/N-ethyl adjacent to an activating group) is 1. The van der Waals surface area contributed by atoms with Gasteiger partial charge in [-0.2, -0.15) is 0 Å². The van der Waals surface area contributed by atoms with Gasteiger partial charge in [-0.3, -0.25) is 9.69 Å². The van der Waals surface area contributed by atoms with Crippen LogP contribution in [-0.4, -0.2) is 72.2 Å². The number of anilines is 1. The lowest BCUT2D eigenvalue weighted by Gasteiger charge is -2.36. The summed E-state index contributed by atoms with van der Waals surface area (Å²) in [5.41, 5.74) is 6.39. The summed E-state index contributed by atoms with van der Waals surface area (Å²) in [6.07, 6.45) is 2.83. The smallest absolute Gasteiger partial charge is 0.340 e. The number of carboxylic acids is 1. The molecule has 3 N–H and O–H groups in total. The summed E-state index contributed by atoms with van der Waals surface area (Å²) < 4.78 is 5.44. The normalized spacial score (nSPS) is 32.4. The lowest BCUT2D eigenvalue weighted by atomic mass is 9.85. The first kappa shape index (κ1) is 17.9. The molecule has 4 aliphatic heterocycles. The van der Waals surface area contributed by atoms with E-state index >= 15 is 0 Å². The van der Waals surface area contributed by atoms with Gasteiger partial charge in [0.2, 0.25) is 5.54 Å². The highest BCUT2D eigenvalue weighted by atomic mass is 16.5. The average molecular weight is 386 g/mol. The van der Waals surface area contributed by atoms with Crippen LogP contribution in [0.5, 0.6) is 0 Å². The summed E-state index contributed by atoms with van der Waals surface area (Å²) in [6, 6.07) is 6.17. The standard InChI is InChI=1S/C20H26N4O4/c1-23-10-15-9-14(23)11-24(15)18(25)20(19(26)27)16-3-2-13(8-17(16)21-22-20)12-4-6-28-7-5-12/h2-3,8,12,14-15,21-22H,4-7,9-11H2,1H3,(H,26,27)/t14-,15-,20?/m0/s1. The molecule has 3 atom stereocenters. The van der Waals surface area contributed by atoms with Gasteiger partial charge in [0.15, 0.2) is 0 Å². The molecule has 0 aromatic heterocycles. The topological polar surface area (TPSA) is 94.1 Å². The Morgan fingerprint density at radius 2 is 2.00 bits per heavy atom. The molecule has 5 rings (SSSR count). The molecule has 8 heteroatoms. The number of hydrazine groups is 1. The van der Waals surface area contributed by atoms with E-state index in [0.29, 0.717) is 29.8 Å². The largest absolute Gasteiger partial charge is 0.479 e. The van der Waals surface area contributed by atoms with Gasteiger partial charge in [-0.1, -0.05) is 12.1 Å². The van der Waals surface area contributed by atoms with Gasteiger partial charge in [-0.25, -0.2) is 10.2 Å². The molecule has 1 amide bonds. The number of hydrogen-bond acceptors (Lipinski definition) is 6. The Bertz CT molecular complexity index is 822. The van der Waals surface area contributed by atoms with E-state index in [4.69, 9.17) is 4.74 Å². The van der Waals surface area contributed by atoms with Crippen LogP contribution in [-0.2, 0) is 19.9 Å². The number of fused-ring (bicyclic) bond motifs is 3. The molecule has 28 heavy (non-hydrogen) atoms. The number of carbonyl (C=O) groups is 2. The Labute approximate surface area is 163 Å². The van der Waals surface area contributed by atoms with Gasteiger partial charge in [-0.05, 0) is 43.9 Å². The van der Waals surface area contributed by atoms with E-state index in [0.717, 1.165) is 44.6 Å². The molecule has 1 unspecified atom stereocenters. The van der Waals surface area contributed by atoms with E-state index in [1.807, 2.05) is 12.1 Å². The second kappa shape index (κ2) is 6.43. The minimum absolute atomic E-state index is 0.0890. The number of amides is 1. The number of aliphatic carboxylic acids is 1. The monoisotopic (exact) mass is 386 g/mol. The van der Waals surface area contributed by atoms with Gasteiger partial charge >= 0.3 is 5.97 Å². The lowest BCUT2D eigenvalue weighted by Crippen LogP contribution is -2.61. The van der Waals surface area contributed by atoms with Crippen molar-refractivity contribution < 1.29 is 19.4 Å². The molecule has 2 bridgehead atoms. The molecule has 150 valence electrons. The fraction of sp³-hybridized carbons (Fsp3) is 0.600. The van der Waals surface area contributed by atoms with Crippen molar-refractivity contribution in [1.29, 1.82) is 0 Å². The third-order valence-corrected chi connectivity index (χ3v) is 6.94. The van der Waals surface area contributed by atoms with Crippen LogP contribution in [0, 0.1) is 0 Å². The quantitative estimate of drug-likeness (QED) is 0.659. The van der Waals surface area contributed by atoms with Crippen molar-refractivity contribution in [2.45, 2.75) is 42.8 Å². The molecule has 1 aromatic rings. The van der Waals surface area contributed by atoms with E-state index in [-0.39, 0.29) is 11.9 Å². The maximum absolute atomic E-state index is 13.5. The van der Waals surface area contributed by atoms with E-state index in [2.05, 4.69) is 22.8 Å². The van der Waals surface area contributed by atoms with Gasteiger partial charge < -0.3 is 20.2 Å². The van der Waals surface area contributed by atoms with Gasteiger partial charge in [0.05, 0.1) is 5.69 Å². The molecule has 4 aliphatic rings.